The van der Waals surface area contributed by atoms with E-state index in [-0.39, 0.29) is 6.04 Å². The molecule has 124 valence electrons. The van der Waals surface area contributed by atoms with E-state index in [2.05, 4.69) is 31.8 Å². The average Bonchev–Trinajstić information content (AvgIpc) is 3.09. The van der Waals surface area contributed by atoms with E-state index in [9.17, 15) is 0 Å². The lowest BCUT2D eigenvalue weighted by Gasteiger charge is -2.30. The molecule has 7 nitrogen and oxygen atoms in total. The Bertz CT molecular complexity index is 624. The quantitative estimate of drug-likeness (QED) is 0.881. The fraction of sp³-hybridized carbons (Fsp3) is 0.562. The van der Waals surface area contributed by atoms with Gasteiger partial charge in [-0.05, 0) is 25.7 Å². The third-order valence-corrected chi connectivity index (χ3v) is 4.23. The number of hydrogen-bond acceptors (Lipinski definition) is 6. The van der Waals surface area contributed by atoms with Crippen molar-refractivity contribution in [1.29, 1.82) is 0 Å². The standard InChI is InChI=1S/C16H23N5O2/c1-3-21-9-8-17-15(21)14(12-5-10-23-11-6-12)20-16-18-7-4-13(19-16)22-2/h4,7-9,12,14H,3,5-6,10-11H2,1-2H3,(H,18,19,20). The predicted molar refractivity (Wildman–Crippen MR) is 86.4 cm³/mol. The molecule has 23 heavy (non-hydrogen) atoms. The number of aromatic nitrogens is 4. The maximum absolute atomic E-state index is 5.50. The van der Waals surface area contributed by atoms with Crippen molar-refractivity contribution in [2.45, 2.75) is 32.4 Å². The van der Waals surface area contributed by atoms with Gasteiger partial charge in [0.15, 0.2) is 0 Å². The smallest absolute Gasteiger partial charge is 0.226 e. The van der Waals surface area contributed by atoms with Crippen LogP contribution in [0.1, 0.15) is 31.6 Å². The normalized spacial score (nSPS) is 17.0. The van der Waals surface area contributed by atoms with Gasteiger partial charge in [0.25, 0.3) is 0 Å². The highest BCUT2D eigenvalue weighted by atomic mass is 16.5. The lowest BCUT2D eigenvalue weighted by Crippen LogP contribution is -2.29. The molecule has 3 heterocycles. The topological polar surface area (TPSA) is 74.1 Å². The zero-order chi connectivity index (χ0) is 16.1. The monoisotopic (exact) mass is 317 g/mol. The van der Waals surface area contributed by atoms with Crippen LogP contribution >= 0.6 is 0 Å². The number of ether oxygens (including phenoxy) is 2. The van der Waals surface area contributed by atoms with Gasteiger partial charge in [-0.3, -0.25) is 0 Å². The molecule has 7 heteroatoms. The summed E-state index contributed by atoms with van der Waals surface area (Å²) in [5.74, 6) is 2.57. The van der Waals surface area contributed by atoms with E-state index < -0.39 is 0 Å². The van der Waals surface area contributed by atoms with Crippen molar-refractivity contribution in [1.82, 2.24) is 19.5 Å². The third-order valence-electron chi connectivity index (χ3n) is 4.23. The maximum Gasteiger partial charge on any atom is 0.226 e. The van der Waals surface area contributed by atoms with Crippen molar-refractivity contribution in [2.75, 3.05) is 25.6 Å². The number of nitrogens with one attached hydrogen (secondary N) is 1. The second-order valence-electron chi connectivity index (χ2n) is 5.57. The van der Waals surface area contributed by atoms with Crippen molar-refractivity contribution in [3.63, 3.8) is 0 Å². The maximum atomic E-state index is 5.50. The summed E-state index contributed by atoms with van der Waals surface area (Å²) in [7, 11) is 1.60. The van der Waals surface area contributed by atoms with Crippen LogP contribution < -0.4 is 10.1 Å². The summed E-state index contributed by atoms with van der Waals surface area (Å²) in [5.41, 5.74) is 0. The van der Waals surface area contributed by atoms with Gasteiger partial charge >= 0.3 is 0 Å². The predicted octanol–water partition coefficient (Wildman–Crippen LogP) is 2.28. The first-order valence-electron chi connectivity index (χ1n) is 8.04. The van der Waals surface area contributed by atoms with E-state index in [1.54, 1.807) is 19.4 Å². The number of aryl methyl sites for hydroxylation is 1. The van der Waals surface area contributed by atoms with Gasteiger partial charge in [0.2, 0.25) is 11.8 Å². The van der Waals surface area contributed by atoms with Crippen LogP contribution in [-0.2, 0) is 11.3 Å². The molecule has 1 N–H and O–H groups in total. The Morgan fingerprint density at radius 3 is 2.91 bits per heavy atom. The Hall–Kier alpha value is -2.15. The molecular formula is C16H23N5O2. The minimum absolute atomic E-state index is 0.0564. The summed E-state index contributed by atoms with van der Waals surface area (Å²) in [5, 5.41) is 3.46. The van der Waals surface area contributed by atoms with Crippen LogP contribution in [-0.4, -0.2) is 39.8 Å². The summed E-state index contributed by atoms with van der Waals surface area (Å²) >= 11 is 0. The fourth-order valence-electron chi connectivity index (χ4n) is 2.97. The van der Waals surface area contributed by atoms with E-state index in [0.29, 0.717) is 17.7 Å². The summed E-state index contributed by atoms with van der Waals surface area (Å²) in [6, 6.07) is 1.79. The van der Waals surface area contributed by atoms with Gasteiger partial charge in [0, 0.05) is 44.4 Å². The molecule has 2 aromatic rings. The Kier molecular flexibility index (Phi) is 5.07. The van der Waals surface area contributed by atoms with Crippen LogP contribution in [0.25, 0.3) is 0 Å². The molecule has 1 fully saturated rings. The van der Waals surface area contributed by atoms with Gasteiger partial charge in [0.05, 0.1) is 13.2 Å². The minimum atomic E-state index is 0.0564. The van der Waals surface area contributed by atoms with Crippen molar-refractivity contribution in [3.05, 3.63) is 30.5 Å². The SMILES string of the molecule is CCn1ccnc1C(Nc1nccc(OC)n1)C1CCOCC1. The van der Waals surface area contributed by atoms with Crippen molar-refractivity contribution in [2.24, 2.45) is 5.92 Å². The first-order chi connectivity index (χ1) is 11.3. The molecule has 0 saturated carbocycles. The van der Waals surface area contributed by atoms with Gasteiger partial charge in [0.1, 0.15) is 5.82 Å². The molecule has 0 amide bonds. The molecule has 1 aliphatic rings. The van der Waals surface area contributed by atoms with E-state index in [1.807, 2.05) is 12.4 Å². The summed E-state index contributed by atoms with van der Waals surface area (Å²) in [6.45, 7) is 4.58. The molecule has 3 rings (SSSR count). The summed E-state index contributed by atoms with van der Waals surface area (Å²) in [6.07, 6.45) is 7.55. The van der Waals surface area contributed by atoms with Gasteiger partial charge in [-0.2, -0.15) is 4.98 Å². The third kappa shape index (κ3) is 3.61. The molecule has 0 aromatic carbocycles. The number of imidazole rings is 1. The molecule has 0 radical (unpaired) electrons. The molecule has 2 aromatic heterocycles. The molecule has 1 aliphatic heterocycles. The number of rotatable bonds is 6. The lowest BCUT2D eigenvalue weighted by atomic mass is 9.91. The van der Waals surface area contributed by atoms with Crippen LogP contribution in [0.4, 0.5) is 5.95 Å². The highest BCUT2D eigenvalue weighted by Gasteiger charge is 2.29. The number of methoxy groups -OCH3 is 1. The van der Waals surface area contributed by atoms with Crippen molar-refractivity contribution < 1.29 is 9.47 Å². The molecule has 1 unspecified atom stereocenters. The lowest BCUT2D eigenvalue weighted by molar-refractivity contribution is 0.0593. The Balaban J connectivity index is 1.87. The van der Waals surface area contributed by atoms with Crippen LogP contribution in [0.3, 0.4) is 0 Å². The highest BCUT2D eigenvalue weighted by molar-refractivity contribution is 5.31. The largest absolute Gasteiger partial charge is 0.481 e. The van der Waals surface area contributed by atoms with Gasteiger partial charge in [-0.1, -0.05) is 0 Å². The van der Waals surface area contributed by atoms with Crippen LogP contribution in [0.5, 0.6) is 5.88 Å². The second-order valence-corrected chi connectivity index (χ2v) is 5.57. The fourth-order valence-corrected chi connectivity index (χ4v) is 2.97. The first kappa shape index (κ1) is 15.7. The summed E-state index contributed by atoms with van der Waals surface area (Å²) < 4.78 is 12.8. The van der Waals surface area contributed by atoms with Crippen molar-refractivity contribution in [3.8, 4) is 5.88 Å². The molecular weight excluding hydrogens is 294 g/mol. The average molecular weight is 317 g/mol. The molecule has 0 spiro atoms. The Morgan fingerprint density at radius 1 is 1.35 bits per heavy atom. The number of anilines is 1. The highest BCUT2D eigenvalue weighted by Crippen LogP contribution is 2.32. The number of nitrogens with zero attached hydrogens (tertiary/aromatic N) is 4. The van der Waals surface area contributed by atoms with Crippen LogP contribution in [0, 0.1) is 5.92 Å². The van der Waals surface area contributed by atoms with Gasteiger partial charge in [-0.25, -0.2) is 9.97 Å². The van der Waals surface area contributed by atoms with Gasteiger partial charge < -0.3 is 19.4 Å². The van der Waals surface area contributed by atoms with E-state index in [1.165, 1.54) is 0 Å². The van der Waals surface area contributed by atoms with Crippen LogP contribution in [0.2, 0.25) is 0 Å². The van der Waals surface area contributed by atoms with Gasteiger partial charge in [-0.15, -0.1) is 0 Å². The zero-order valence-electron chi connectivity index (χ0n) is 13.6. The zero-order valence-corrected chi connectivity index (χ0v) is 13.6. The molecule has 1 atom stereocenters. The Morgan fingerprint density at radius 2 is 2.17 bits per heavy atom. The van der Waals surface area contributed by atoms with E-state index in [0.717, 1.165) is 38.4 Å². The minimum Gasteiger partial charge on any atom is -0.481 e. The summed E-state index contributed by atoms with van der Waals surface area (Å²) in [4.78, 5) is 13.3. The number of hydrogen-bond donors (Lipinski definition) is 1. The Labute approximate surface area is 136 Å². The molecule has 0 bridgehead atoms. The van der Waals surface area contributed by atoms with E-state index in [4.69, 9.17) is 9.47 Å². The molecule has 1 saturated heterocycles. The van der Waals surface area contributed by atoms with E-state index >= 15 is 0 Å². The second kappa shape index (κ2) is 7.41. The van der Waals surface area contributed by atoms with Crippen molar-refractivity contribution >= 4 is 5.95 Å². The van der Waals surface area contributed by atoms with Crippen LogP contribution in [0.15, 0.2) is 24.7 Å². The molecule has 0 aliphatic carbocycles. The first-order valence-corrected chi connectivity index (χ1v) is 8.04.